The molecule has 0 saturated carbocycles. The molecule has 1 unspecified atom stereocenters. The van der Waals surface area contributed by atoms with Gasteiger partial charge in [0.25, 0.3) is 0 Å². The van der Waals surface area contributed by atoms with E-state index in [4.69, 9.17) is 0 Å². The van der Waals surface area contributed by atoms with Crippen LogP contribution in [0.25, 0.3) is 0 Å². The van der Waals surface area contributed by atoms with E-state index in [1.807, 2.05) is 6.07 Å². The van der Waals surface area contributed by atoms with Crippen molar-refractivity contribution in [3.63, 3.8) is 0 Å². The van der Waals surface area contributed by atoms with Crippen LogP contribution in [0.2, 0.25) is 0 Å². The van der Waals surface area contributed by atoms with Gasteiger partial charge in [0.05, 0.1) is 6.04 Å². The molecule has 0 aliphatic carbocycles. The topological polar surface area (TPSA) is 20.1 Å². The molecule has 2 nitrogen and oxygen atoms in total. The number of carbonyl (C=O) groups is 1. The first kappa shape index (κ1) is 22.7. The van der Waals surface area contributed by atoms with Crippen LogP contribution in [0.1, 0.15) is 103 Å². The number of benzene rings is 1. The Bertz CT molecular complexity index is 612. The van der Waals surface area contributed by atoms with Crippen LogP contribution in [0.15, 0.2) is 30.3 Å². The summed E-state index contributed by atoms with van der Waals surface area (Å²) in [5, 5.41) is 0. The zero-order valence-corrected chi connectivity index (χ0v) is 18.1. The molecule has 0 N–H and O–H groups in total. The molecule has 0 spiro atoms. The van der Waals surface area contributed by atoms with Crippen molar-refractivity contribution < 1.29 is 4.79 Å². The highest BCUT2D eigenvalue weighted by atomic mass is 16.1. The Hall–Kier alpha value is -1.59. The van der Waals surface area contributed by atoms with Gasteiger partial charge in [0.15, 0.2) is 0 Å². The third-order valence-corrected chi connectivity index (χ3v) is 5.85. The Morgan fingerprint density at radius 3 is 2.14 bits per heavy atom. The summed E-state index contributed by atoms with van der Waals surface area (Å²) < 4.78 is 0. The summed E-state index contributed by atoms with van der Waals surface area (Å²) in [6.07, 6.45) is 15.7. The van der Waals surface area contributed by atoms with Crippen molar-refractivity contribution in [2.45, 2.75) is 103 Å². The lowest BCUT2D eigenvalue weighted by atomic mass is 10.1. The number of unbranched alkanes of at least 4 members (excludes halogenated alkanes) is 11. The summed E-state index contributed by atoms with van der Waals surface area (Å²) in [6.45, 7) is 5.29. The molecule has 0 aromatic heterocycles. The second-order valence-corrected chi connectivity index (χ2v) is 8.25. The molecule has 1 aromatic rings. The zero-order valence-electron chi connectivity index (χ0n) is 18.1. The van der Waals surface area contributed by atoms with E-state index in [1.54, 1.807) is 0 Å². The lowest BCUT2D eigenvalue weighted by Crippen LogP contribution is -2.14. The predicted octanol–water partition coefficient (Wildman–Crippen LogP) is 6.71. The van der Waals surface area contributed by atoms with Crippen LogP contribution in [0, 0.1) is 11.8 Å². The van der Waals surface area contributed by atoms with Gasteiger partial charge in [-0.15, -0.1) is 0 Å². The van der Waals surface area contributed by atoms with Gasteiger partial charge < -0.3 is 0 Å². The number of carbonyl (C=O) groups excluding carboxylic acids is 1. The normalized spacial score (nSPS) is 18.9. The first-order chi connectivity index (χ1) is 13.7. The standard InChI is InChI=1S/C26H39NO/c1-3-4-5-6-7-8-9-10-11-12-13-14-18-21-26(28)25-22-27(25)23(2)24-19-16-15-17-20-24/h15-17,19-20,23,25H,3-14,22H2,1-2H3/t23-,25+,27?/m1/s1. The maximum absolute atomic E-state index is 12.2. The lowest BCUT2D eigenvalue weighted by molar-refractivity contribution is -0.114. The van der Waals surface area contributed by atoms with Gasteiger partial charge in [-0.3, -0.25) is 9.69 Å². The van der Waals surface area contributed by atoms with Crippen LogP contribution in [0.3, 0.4) is 0 Å². The van der Waals surface area contributed by atoms with Crippen molar-refractivity contribution in [2.75, 3.05) is 6.54 Å². The largest absolute Gasteiger partial charge is 0.283 e. The van der Waals surface area contributed by atoms with E-state index in [0.717, 1.165) is 19.4 Å². The molecule has 2 rings (SSSR count). The minimum Gasteiger partial charge on any atom is -0.283 e. The molecule has 28 heavy (non-hydrogen) atoms. The molecule has 1 aliphatic heterocycles. The molecule has 2 heteroatoms. The van der Waals surface area contributed by atoms with E-state index in [1.165, 1.54) is 69.8 Å². The summed E-state index contributed by atoms with van der Waals surface area (Å²) in [7, 11) is 0. The maximum atomic E-state index is 12.2. The van der Waals surface area contributed by atoms with Gasteiger partial charge in [0.2, 0.25) is 5.78 Å². The highest BCUT2D eigenvalue weighted by Gasteiger charge is 2.42. The molecule has 0 radical (unpaired) electrons. The van der Waals surface area contributed by atoms with Crippen molar-refractivity contribution in [3.05, 3.63) is 35.9 Å². The van der Waals surface area contributed by atoms with E-state index in [2.05, 4.69) is 54.9 Å². The first-order valence-electron chi connectivity index (χ1n) is 11.6. The second-order valence-electron chi connectivity index (χ2n) is 8.25. The van der Waals surface area contributed by atoms with Crippen molar-refractivity contribution in [3.8, 4) is 11.8 Å². The highest BCUT2D eigenvalue weighted by molar-refractivity contribution is 6.01. The molecular formula is C26H39NO. The molecule has 0 bridgehead atoms. The molecular weight excluding hydrogens is 342 g/mol. The Labute approximate surface area is 173 Å². The maximum Gasteiger partial charge on any atom is 0.223 e. The predicted molar refractivity (Wildman–Crippen MR) is 119 cm³/mol. The Morgan fingerprint density at radius 2 is 1.54 bits per heavy atom. The third-order valence-electron chi connectivity index (χ3n) is 5.85. The molecule has 1 aromatic carbocycles. The summed E-state index contributed by atoms with van der Waals surface area (Å²) >= 11 is 0. The number of rotatable bonds is 14. The van der Waals surface area contributed by atoms with Gasteiger partial charge in [-0.25, -0.2) is 0 Å². The second kappa shape index (κ2) is 13.6. The number of hydrogen-bond donors (Lipinski definition) is 0. The fourth-order valence-corrected chi connectivity index (χ4v) is 3.85. The third kappa shape index (κ3) is 8.61. The molecule has 3 atom stereocenters. The zero-order chi connectivity index (χ0) is 20.0. The average molecular weight is 382 g/mol. The van der Waals surface area contributed by atoms with Gasteiger partial charge in [0.1, 0.15) is 0 Å². The van der Waals surface area contributed by atoms with Gasteiger partial charge in [-0.2, -0.15) is 0 Å². The minimum atomic E-state index is 0.0139. The van der Waals surface area contributed by atoms with Gasteiger partial charge in [-0.05, 0) is 24.8 Å². The van der Waals surface area contributed by atoms with Gasteiger partial charge >= 0.3 is 0 Å². The SMILES string of the molecule is CCCCCCCCCCCCCC#CC(=O)[C@@H]1CN1[C@H](C)c1ccccc1. The first-order valence-corrected chi connectivity index (χ1v) is 11.6. The molecule has 1 aliphatic rings. The van der Waals surface area contributed by atoms with Crippen LogP contribution in [-0.2, 0) is 4.79 Å². The quantitative estimate of drug-likeness (QED) is 0.154. The number of hydrogen-bond acceptors (Lipinski definition) is 2. The van der Waals surface area contributed by atoms with Crippen LogP contribution in [-0.4, -0.2) is 23.3 Å². The van der Waals surface area contributed by atoms with Gasteiger partial charge in [-0.1, -0.05) is 107 Å². The number of nitrogens with zero attached hydrogens (tertiary/aromatic N) is 1. The minimum absolute atomic E-state index is 0.0139. The van der Waals surface area contributed by atoms with Crippen molar-refractivity contribution in [1.82, 2.24) is 4.90 Å². The Balaban J connectivity index is 1.47. The summed E-state index contributed by atoms with van der Waals surface area (Å²) in [5.41, 5.74) is 1.27. The molecule has 1 saturated heterocycles. The average Bonchev–Trinajstić information content (AvgIpc) is 3.52. The fraction of sp³-hybridized carbons (Fsp3) is 0.654. The molecule has 154 valence electrons. The Morgan fingerprint density at radius 1 is 0.964 bits per heavy atom. The monoisotopic (exact) mass is 381 g/mol. The van der Waals surface area contributed by atoms with Crippen LogP contribution in [0.4, 0.5) is 0 Å². The summed E-state index contributed by atoms with van der Waals surface area (Å²) in [4.78, 5) is 14.5. The van der Waals surface area contributed by atoms with Crippen molar-refractivity contribution >= 4 is 5.78 Å². The van der Waals surface area contributed by atoms with E-state index >= 15 is 0 Å². The smallest absolute Gasteiger partial charge is 0.223 e. The molecule has 1 heterocycles. The van der Waals surface area contributed by atoms with E-state index < -0.39 is 0 Å². The van der Waals surface area contributed by atoms with E-state index in [0.29, 0.717) is 6.04 Å². The summed E-state index contributed by atoms with van der Waals surface area (Å²) in [6, 6.07) is 10.7. The summed E-state index contributed by atoms with van der Waals surface area (Å²) in [5.74, 6) is 6.10. The van der Waals surface area contributed by atoms with Crippen LogP contribution in [0.5, 0.6) is 0 Å². The molecule has 1 fully saturated rings. The number of ketones is 1. The fourth-order valence-electron chi connectivity index (χ4n) is 3.85. The van der Waals surface area contributed by atoms with E-state index in [9.17, 15) is 4.79 Å². The molecule has 0 amide bonds. The van der Waals surface area contributed by atoms with Crippen LogP contribution >= 0.6 is 0 Å². The van der Waals surface area contributed by atoms with E-state index in [-0.39, 0.29) is 11.8 Å². The van der Waals surface area contributed by atoms with Crippen molar-refractivity contribution in [1.29, 1.82) is 0 Å². The van der Waals surface area contributed by atoms with Crippen LogP contribution < -0.4 is 0 Å². The van der Waals surface area contributed by atoms with Crippen molar-refractivity contribution in [2.24, 2.45) is 0 Å². The number of Topliss-reactive ketones (excluding diaryl/α,β-unsaturated/α-hetero) is 1. The lowest BCUT2D eigenvalue weighted by Gasteiger charge is -2.13. The Kier molecular flexibility index (Phi) is 11.0. The highest BCUT2D eigenvalue weighted by Crippen LogP contribution is 2.31. The van der Waals surface area contributed by atoms with Gasteiger partial charge in [0, 0.05) is 19.0 Å².